The molecular formula is C21H28ClN3O3. The summed E-state index contributed by atoms with van der Waals surface area (Å²) in [6, 6.07) is 11.7. The van der Waals surface area contributed by atoms with Crippen molar-refractivity contribution < 1.29 is 14.2 Å². The molecule has 0 heterocycles. The van der Waals surface area contributed by atoms with E-state index in [4.69, 9.17) is 25.8 Å². The van der Waals surface area contributed by atoms with E-state index in [1.807, 2.05) is 36.4 Å². The zero-order chi connectivity index (χ0) is 20.4. The van der Waals surface area contributed by atoms with Crippen LogP contribution in [0.3, 0.4) is 0 Å². The highest BCUT2D eigenvalue weighted by Gasteiger charge is 2.15. The molecule has 0 atom stereocenters. The number of benzene rings is 2. The van der Waals surface area contributed by atoms with Gasteiger partial charge in [-0.1, -0.05) is 29.8 Å². The Hall–Kier alpha value is -2.60. The van der Waals surface area contributed by atoms with Crippen LogP contribution in [0.15, 0.2) is 41.4 Å². The number of ether oxygens (including phenoxy) is 3. The third-order valence-corrected chi connectivity index (χ3v) is 4.57. The van der Waals surface area contributed by atoms with Crippen LogP contribution in [-0.4, -0.2) is 47.4 Å². The number of guanidine groups is 1. The van der Waals surface area contributed by atoms with Crippen molar-refractivity contribution in [1.29, 1.82) is 0 Å². The molecule has 0 radical (unpaired) electrons. The molecule has 0 aliphatic carbocycles. The van der Waals surface area contributed by atoms with E-state index in [0.29, 0.717) is 23.8 Å². The Morgan fingerprint density at radius 2 is 1.50 bits per heavy atom. The molecule has 0 spiro atoms. The van der Waals surface area contributed by atoms with Crippen molar-refractivity contribution in [3.05, 3.63) is 52.5 Å². The lowest BCUT2D eigenvalue weighted by Gasteiger charge is -2.16. The van der Waals surface area contributed by atoms with Gasteiger partial charge in [0.2, 0.25) is 5.75 Å². The molecular weight excluding hydrogens is 378 g/mol. The van der Waals surface area contributed by atoms with Crippen molar-refractivity contribution in [3.63, 3.8) is 0 Å². The minimum absolute atomic E-state index is 0.605. The minimum atomic E-state index is 0.605. The number of rotatable bonds is 9. The van der Waals surface area contributed by atoms with Gasteiger partial charge in [-0.15, -0.1) is 0 Å². The number of halogens is 1. The van der Waals surface area contributed by atoms with Crippen LogP contribution >= 0.6 is 11.6 Å². The quantitative estimate of drug-likeness (QED) is 0.495. The van der Waals surface area contributed by atoms with Gasteiger partial charge < -0.3 is 24.8 Å². The molecule has 152 valence electrons. The monoisotopic (exact) mass is 405 g/mol. The van der Waals surface area contributed by atoms with Crippen LogP contribution in [0.25, 0.3) is 0 Å². The Morgan fingerprint density at radius 3 is 2.07 bits per heavy atom. The summed E-state index contributed by atoms with van der Waals surface area (Å²) in [5.41, 5.74) is 2.26. The average Bonchev–Trinajstić information content (AvgIpc) is 2.73. The van der Waals surface area contributed by atoms with Crippen molar-refractivity contribution in [3.8, 4) is 17.2 Å². The molecule has 7 heteroatoms. The second-order valence-electron chi connectivity index (χ2n) is 6.05. The number of aliphatic imine (C=N–C) groups is 1. The average molecular weight is 406 g/mol. The first kappa shape index (κ1) is 21.7. The van der Waals surface area contributed by atoms with E-state index in [0.717, 1.165) is 35.9 Å². The molecule has 2 aromatic carbocycles. The lowest BCUT2D eigenvalue weighted by Crippen LogP contribution is -2.39. The molecule has 0 aliphatic heterocycles. The first-order valence-corrected chi connectivity index (χ1v) is 9.47. The van der Waals surface area contributed by atoms with Gasteiger partial charge in [-0.3, -0.25) is 4.99 Å². The summed E-state index contributed by atoms with van der Waals surface area (Å²) in [5, 5.41) is 7.39. The van der Waals surface area contributed by atoms with Crippen molar-refractivity contribution in [1.82, 2.24) is 10.6 Å². The van der Waals surface area contributed by atoms with Gasteiger partial charge in [0.15, 0.2) is 17.5 Å². The van der Waals surface area contributed by atoms with E-state index in [1.54, 1.807) is 28.4 Å². The van der Waals surface area contributed by atoms with Crippen LogP contribution in [0.1, 0.15) is 11.1 Å². The van der Waals surface area contributed by atoms with E-state index in [-0.39, 0.29) is 0 Å². The molecule has 2 rings (SSSR count). The number of hydrogen-bond acceptors (Lipinski definition) is 4. The molecule has 2 aromatic rings. The number of hydrogen-bond donors (Lipinski definition) is 2. The van der Waals surface area contributed by atoms with E-state index < -0.39 is 0 Å². The Morgan fingerprint density at radius 1 is 0.857 bits per heavy atom. The third kappa shape index (κ3) is 5.96. The van der Waals surface area contributed by atoms with Crippen LogP contribution in [0.5, 0.6) is 17.2 Å². The van der Waals surface area contributed by atoms with Gasteiger partial charge in [0.05, 0.1) is 21.3 Å². The topological polar surface area (TPSA) is 64.1 Å². The fourth-order valence-electron chi connectivity index (χ4n) is 2.87. The second-order valence-corrected chi connectivity index (χ2v) is 6.48. The maximum Gasteiger partial charge on any atom is 0.203 e. The Bertz CT molecular complexity index is 779. The molecule has 0 amide bonds. The maximum atomic E-state index is 5.92. The second kappa shape index (κ2) is 11.3. The van der Waals surface area contributed by atoms with Gasteiger partial charge in [-0.05, 0) is 36.6 Å². The van der Waals surface area contributed by atoms with E-state index in [1.165, 1.54) is 5.56 Å². The summed E-state index contributed by atoms with van der Waals surface area (Å²) < 4.78 is 16.3. The van der Waals surface area contributed by atoms with Gasteiger partial charge in [0, 0.05) is 30.7 Å². The molecule has 0 aromatic heterocycles. The summed E-state index contributed by atoms with van der Waals surface area (Å²) in [6.07, 6.45) is 1.64. The zero-order valence-electron chi connectivity index (χ0n) is 16.8. The smallest absolute Gasteiger partial charge is 0.203 e. The predicted octanol–water partition coefficient (Wildman–Crippen LogP) is 3.32. The predicted molar refractivity (Wildman–Crippen MR) is 114 cm³/mol. The molecule has 0 aliphatic rings. The first-order valence-electron chi connectivity index (χ1n) is 9.09. The standard InChI is InChI=1S/C21H28ClN3O3/c1-23-21(24-13-11-15-5-8-17(22)9-6-15)25-14-12-16-7-10-18(26-2)20(28-4)19(16)27-3/h5-10H,11-14H2,1-4H3,(H2,23,24,25). The van der Waals surface area contributed by atoms with Crippen molar-refractivity contribution in [2.45, 2.75) is 12.8 Å². The van der Waals surface area contributed by atoms with Crippen LogP contribution < -0.4 is 24.8 Å². The maximum absolute atomic E-state index is 5.92. The molecule has 2 N–H and O–H groups in total. The Kier molecular flexibility index (Phi) is 8.75. The SMILES string of the molecule is CN=C(NCCc1ccc(Cl)cc1)NCCc1ccc(OC)c(OC)c1OC. The number of nitrogens with one attached hydrogen (secondary N) is 2. The van der Waals surface area contributed by atoms with Crippen LogP contribution in [0.4, 0.5) is 0 Å². The highest BCUT2D eigenvalue weighted by Crippen LogP contribution is 2.39. The first-order chi connectivity index (χ1) is 13.6. The number of nitrogens with zero attached hydrogens (tertiary/aromatic N) is 1. The Balaban J connectivity index is 1.86. The minimum Gasteiger partial charge on any atom is -0.493 e. The molecule has 6 nitrogen and oxygen atoms in total. The highest BCUT2D eigenvalue weighted by atomic mass is 35.5. The molecule has 0 saturated carbocycles. The molecule has 0 bridgehead atoms. The van der Waals surface area contributed by atoms with Gasteiger partial charge in [0.1, 0.15) is 0 Å². The lowest BCUT2D eigenvalue weighted by molar-refractivity contribution is 0.322. The zero-order valence-corrected chi connectivity index (χ0v) is 17.6. The molecule has 0 saturated heterocycles. The Labute approximate surface area is 171 Å². The fraction of sp³-hybridized carbons (Fsp3) is 0.381. The van der Waals surface area contributed by atoms with Crippen LogP contribution in [-0.2, 0) is 12.8 Å². The summed E-state index contributed by atoms with van der Waals surface area (Å²) in [6.45, 7) is 1.48. The van der Waals surface area contributed by atoms with Gasteiger partial charge in [-0.25, -0.2) is 0 Å². The lowest BCUT2D eigenvalue weighted by atomic mass is 10.1. The van der Waals surface area contributed by atoms with Crippen molar-refractivity contribution in [2.75, 3.05) is 41.5 Å². The summed E-state index contributed by atoms with van der Waals surface area (Å²) in [7, 11) is 6.60. The van der Waals surface area contributed by atoms with E-state index in [2.05, 4.69) is 15.6 Å². The third-order valence-electron chi connectivity index (χ3n) is 4.32. The van der Waals surface area contributed by atoms with Crippen LogP contribution in [0, 0.1) is 0 Å². The van der Waals surface area contributed by atoms with Crippen LogP contribution in [0.2, 0.25) is 5.02 Å². The number of methoxy groups -OCH3 is 3. The summed E-state index contributed by atoms with van der Waals surface area (Å²) >= 11 is 5.92. The van der Waals surface area contributed by atoms with Crippen molar-refractivity contribution in [2.24, 2.45) is 4.99 Å². The van der Waals surface area contributed by atoms with Gasteiger partial charge in [-0.2, -0.15) is 0 Å². The van der Waals surface area contributed by atoms with E-state index >= 15 is 0 Å². The normalized spacial score (nSPS) is 11.1. The molecule has 0 unspecified atom stereocenters. The summed E-state index contributed by atoms with van der Waals surface area (Å²) in [4.78, 5) is 4.27. The molecule has 0 fully saturated rings. The van der Waals surface area contributed by atoms with Gasteiger partial charge in [0.25, 0.3) is 0 Å². The summed E-state index contributed by atoms with van der Waals surface area (Å²) in [5.74, 6) is 2.70. The largest absolute Gasteiger partial charge is 0.493 e. The van der Waals surface area contributed by atoms with Gasteiger partial charge >= 0.3 is 0 Å². The van der Waals surface area contributed by atoms with Crippen molar-refractivity contribution >= 4 is 17.6 Å². The van der Waals surface area contributed by atoms with E-state index in [9.17, 15) is 0 Å². The molecule has 28 heavy (non-hydrogen) atoms. The highest BCUT2D eigenvalue weighted by molar-refractivity contribution is 6.30. The fourth-order valence-corrected chi connectivity index (χ4v) is 3.00.